The first-order valence-electron chi connectivity index (χ1n) is 6.90. The predicted molar refractivity (Wildman–Crippen MR) is 80.4 cm³/mol. The Morgan fingerprint density at radius 3 is 2.20 bits per heavy atom. The van der Waals surface area contributed by atoms with Crippen LogP contribution in [0.25, 0.3) is 11.3 Å². The fourth-order valence-corrected chi connectivity index (χ4v) is 2.37. The van der Waals surface area contributed by atoms with Crippen molar-refractivity contribution in [1.82, 2.24) is 15.0 Å². The molecule has 0 unspecified atom stereocenters. The molecule has 0 fully saturated rings. The smallest absolute Gasteiger partial charge is 0.0921 e. The van der Waals surface area contributed by atoms with Crippen LogP contribution in [0.1, 0.15) is 18.2 Å². The number of rotatable bonds is 4. The van der Waals surface area contributed by atoms with E-state index in [1.165, 1.54) is 11.1 Å². The van der Waals surface area contributed by atoms with Gasteiger partial charge in [0.15, 0.2) is 0 Å². The fraction of sp³-hybridized carbons (Fsp3) is 0.176. The summed E-state index contributed by atoms with van der Waals surface area (Å²) in [6.07, 6.45) is 0.888. The van der Waals surface area contributed by atoms with Crippen LogP contribution in [0.5, 0.6) is 0 Å². The average molecular weight is 263 g/mol. The molecule has 3 heteroatoms. The highest BCUT2D eigenvalue weighted by atomic mass is 15.4. The van der Waals surface area contributed by atoms with Gasteiger partial charge < -0.3 is 0 Å². The van der Waals surface area contributed by atoms with Crippen molar-refractivity contribution >= 4 is 0 Å². The second-order valence-electron chi connectivity index (χ2n) is 4.75. The van der Waals surface area contributed by atoms with Crippen LogP contribution in [0.3, 0.4) is 0 Å². The first-order chi connectivity index (χ1) is 9.88. The molecule has 0 spiro atoms. The van der Waals surface area contributed by atoms with Crippen molar-refractivity contribution in [3.8, 4) is 11.3 Å². The molecule has 0 aliphatic carbocycles. The van der Waals surface area contributed by atoms with Gasteiger partial charge in [-0.1, -0.05) is 72.8 Å². The predicted octanol–water partition coefficient (Wildman–Crippen LogP) is 3.56. The minimum atomic E-state index is 0.748. The molecular formula is C17H17N3. The standard InChI is InChI=1S/C17H17N3/c1-2-16-17(15-11-7-4-8-12-15)20(19-18-16)13-14-9-5-3-6-10-14/h3-12H,2,13H2,1H3. The summed E-state index contributed by atoms with van der Waals surface area (Å²) in [4.78, 5) is 0. The topological polar surface area (TPSA) is 30.7 Å². The van der Waals surface area contributed by atoms with Gasteiger partial charge in [-0.15, -0.1) is 5.10 Å². The Labute approximate surface area is 118 Å². The largest absolute Gasteiger partial charge is 0.240 e. The Hall–Kier alpha value is -2.42. The van der Waals surface area contributed by atoms with Gasteiger partial charge in [0.25, 0.3) is 0 Å². The average Bonchev–Trinajstić information content (AvgIpc) is 2.92. The van der Waals surface area contributed by atoms with Crippen LogP contribution in [-0.4, -0.2) is 15.0 Å². The normalized spacial score (nSPS) is 10.7. The lowest BCUT2D eigenvalue weighted by atomic mass is 10.1. The van der Waals surface area contributed by atoms with Gasteiger partial charge in [0, 0.05) is 5.56 Å². The zero-order valence-corrected chi connectivity index (χ0v) is 11.5. The molecule has 2 aromatic carbocycles. The summed E-state index contributed by atoms with van der Waals surface area (Å²) in [5.41, 5.74) is 4.58. The van der Waals surface area contributed by atoms with Gasteiger partial charge in [0.05, 0.1) is 17.9 Å². The van der Waals surface area contributed by atoms with E-state index in [0.29, 0.717) is 0 Å². The molecule has 0 bridgehead atoms. The maximum absolute atomic E-state index is 4.33. The maximum Gasteiger partial charge on any atom is 0.0921 e. The summed E-state index contributed by atoms with van der Waals surface area (Å²) in [5.74, 6) is 0. The van der Waals surface area contributed by atoms with Gasteiger partial charge in [-0.3, -0.25) is 0 Å². The molecule has 20 heavy (non-hydrogen) atoms. The molecular weight excluding hydrogens is 246 g/mol. The number of aryl methyl sites for hydroxylation is 1. The van der Waals surface area contributed by atoms with Gasteiger partial charge in [0.1, 0.15) is 0 Å². The van der Waals surface area contributed by atoms with Crippen LogP contribution in [0, 0.1) is 0 Å². The van der Waals surface area contributed by atoms with Gasteiger partial charge in [0.2, 0.25) is 0 Å². The van der Waals surface area contributed by atoms with Gasteiger partial charge in [-0.2, -0.15) is 0 Å². The lowest BCUT2D eigenvalue weighted by molar-refractivity contribution is 0.655. The summed E-state index contributed by atoms with van der Waals surface area (Å²) >= 11 is 0. The molecule has 3 nitrogen and oxygen atoms in total. The SMILES string of the molecule is CCc1nnn(Cc2ccccc2)c1-c1ccccc1. The lowest BCUT2D eigenvalue weighted by Gasteiger charge is -2.08. The van der Waals surface area contributed by atoms with E-state index in [-0.39, 0.29) is 0 Å². The third kappa shape index (κ3) is 2.48. The fourth-order valence-electron chi connectivity index (χ4n) is 2.37. The minimum Gasteiger partial charge on any atom is -0.240 e. The number of benzene rings is 2. The number of hydrogen-bond acceptors (Lipinski definition) is 2. The van der Waals surface area contributed by atoms with Crippen molar-refractivity contribution in [3.05, 3.63) is 71.9 Å². The van der Waals surface area contributed by atoms with Crippen LogP contribution < -0.4 is 0 Å². The molecule has 0 aliphatic rings. The van der Waals surface area contributed by atoms with Gasteiger partial charge in [-0.25, -0.2) is 4.68 Å². The molecule has 3 aromatic rings. The molecule has 1 heterocycles. The molecule has 3 rings (SSSR count). The molecule has 0 aliphatic heterocycles. The molecule has 0 amide bonds. The molecule has 0 saturated heterocycles. The molecule has 0 saturated carbocycles. The second kappa shape index (κ2) is 5.70. The van der Waals surface area contributed by atoms with Crippen LogP contribution in [0.2, 0.25) is 0 Å². The van der Waals surface area contributed by atoms with Gasteiger partial charge in [-0.05, 0) is 12.0 Å². The zero-order chi connectivity index (χ0) is 13.8. The third-order valence-corrected chi connectivity index (χ3v) is 3.36. The second-order valence-corrected chi connectivity index (χ2v) is 4.75. The van der Waals surface area contributed by atoms with E-state index >= 15 is 0 Å². The van der Waals surface area contributed by atoms with E-state index in [1.807, 2.05) is 16.8 Å². The summed E-state index contributed by atoms with van der Waals surface area (Å²) < 4.78 is 1.99. The Balaban J connectivity index is 2.02. The molecule has 0 radical (unpaired) electrons. The van der Waals surface area contributed by atoms with Crippen LogP contribution in [0.15, 0.2) is 60.7 Å². The van der Waals surface area contributed by atoms with Crippen molar-refractivity contribution in [2.24, 2.45) is 0 Å². The van der Waals surface area contributed by atoms with Crippen LogP contribution in [0.4, 0.5) is 0 Å². The quantitative estimate of drug-likeness (QED) is 0.720. The van der Waals surface area contributed by atoms with Crippen molar-refractivity contribution in [2.45, 2.75) is 19.9 Å². The monoisotopic (exact) mass is 263 g/mol. The molecule has 1 aromatic heterocycles. The van der Waals surface area contributed by atoms with E-state index in [9.17, 15) is 0 Å². The number of nitrogens with zero attached hydrogens (tertiary/aromatic N) is 3. The number of hydrogen-bond donors (Lipinski definition) is 0. The Morgan fingerprint density at radius 1 is 0.900 bits per heavy atom. The van der Waals surface area contributed by atoms with Crippen molar-refractivity contribution in [1.29, 1.82) is 0 Å². The third-order valence-electron chi connectivity index (χ3n) is 3.36. The Kier molecular flexibility index (Phi) is 3.59. The van der Waals surface area contributed by atoms with E-state index < -0.39 is 0 Å². The minimum absolute atomic E-state index is 0.748. The van der Waals surface area contributed by atoms with E-state index in [1.54, 1.807) is 0 Å². The Morgan fingerprint density at radius 2 is 1.55 bits per heavy atom. The highest BCUT2D eigenvalue weighted by molar-refractivity contribution is 5.61. The van der Waals surface area contributed by atoms with E-state index in [0.717, 1.165) is 24.4 Å². The number of aromatic nitrogens is 3. The molecule has 0 N–H and O–H groups in total. The van der Waals surface area contributed by atoms with Crippen molar-refractivity contribution in [3.63, 3.8) is 0 Å². The first kappa shape index (κ1) is 12.6. The summed E-state index contributed by atoms with van der Waals surface area (Å²) in [7, 11) is 0. The molecule has 0 atom stereocenters. The van der Waals surface area contributed by atoms with Crippen molar-refractivity contribution < 1.29 is 0 Å². The van der Waals surface area contributed by atoms with E-state index in [2.05, 4.69) is 65.8 Å². The lowest BCUT2D eigenvalue weighted by Crippen LogP contribution is -2.04. The van der Waals surface area contributed by atoms with E-state index in [4.69, 9.17) is 0 Å². The highest BCUT2D eigenvalue weighted by Gasteiger charge is 2.13. The zero-order valence-electron chi connectivity index (χ0n) is 11.5. The summed E-state index contributed by atoms with van der Waals surface area (Å²) in [6.45, 7) is 2.86. The maximum atomic E-state index is 4.33. The van der Waals surface area contributed by atoms with Crippen LogP contribution >= 0.6 is 0 Å². The van der Waals surface area contributed by atoms with Gasteiger partial charge >= 0.3 is 0 Å². The van der Waals surface area contributed by atoms with Crippen LogP contribution in [-0.2, 0) is 13.0 Å². The summed E-state index contributed by atoms with van der Waals surface area (Å²) in [6, 6.07) is 20.7. The van der Waals surface area contributed by atoms with Crippen molar-refractivity contribution in [2.75, 3.05) is 0 Å². The molecule has 100 valence electrons. The highest BCUT2D eigenvalue weighted by Crippen LogP contribution is 2.23. The Bertz CT molecular complexity index is 672. The first-order valence-corrected chi connectivity index (χ1v) is 6.90. The summed E-state index contributed by atoms with van der Waals surface area (Å²) in [5, 5.41) is 8.65.